The summed E-state index contributed by atoms with van der Waals surface area (Å²) in [6, 6.07) is 12.5. The molecule has 0 fully saturated rings. The van der Waals surface area contributed by atoms with E-state index in [1.807, 2.05) is 0 Å². The molecule has 0 spiro atoms. The average molecular weight is 364 g/mol. The minimum atomic E-state index is -3.93. The number of methoxy groups -OCH3 is 1. The number of benzene rings is 2. The highest BCUT2D eigenvalue weighted by molar-refractivity contribution is 7.91. The van der Waals surface area contributed by atoms with Gasteiger partial charge in [-0.25, -0.2) is 8.42 Å². The van der Waals surface area contributed by atoms with Crippen LogP contribution in [-0.2, 0) is 14.6 Å². The Morgan fingerprint density at radius 3 is 2.32 bits per heavy atom. The van der Waals surface area contributed by atoms with E-state index in [1.54, 1.807) is 31.2 Å². The molecule has 1 atom stereocenters. The summed E-state index contributed by atoms with van der Waals surface area (Å²) in [5, 5.41) is 7.98. The summed E-state index contributed by atoms with van der Waals surface area (Å²) in [6.07, 6.45) is -0.557. The van der Waals surface area contributed by atoms with E-state index in [9.17, 15) is 18.3 Å². The third kappa shape index (κ3) is 4.30. The minimum Gasteiger partial charge on any atom is -0.497 e. The predicted molar refractivity (Wildman–Crippen MR) is 92.8 cm³/mol. The third-order valence-electron chi connectivity index (χ3n) is 3.69. The van der Waals surface area contributed by atoms with Gasteiger partial charge in [0.1, 0.15) is 16.7 Å². The molecule has 0 bridgehead atoms. The second-order valence-corrected chi connectivity index (χ2v) is 7.41. The molecule has 7 heteroatoms. The third-order valence-corrected chi connectivity index (χ3v) is 5.79. The second kappa shape index (κ2) is 8.02. The first-order valence-electron chi connectivity index (χ1n) is 7.71. The first kappa shape index (κ1) is 18.8. The topological polar surface area (TPSA) is 89.9 Å². The van der Waals surface area contributed by atoms with Gasteiger partial charge in [0.15, 0.2) is 9.84 Å². The van der Waals surface area contributed by atoms with E-state index in [0.717, 1.165) is 0 Å². The molecule has 0 radical (unpaired) electrons. The molecule has 0 heterocycles. The maximum Gasteiger partial charge on any atom is 0.305 e. The molecule has 0 saturated carbocycles. The van der Waals surface area contributed by atoms with Gasteiger partial charge in [-0.2, -0.15) is 0 Å². The average Bonchev–Trinajstić information content (AvgIpc) is 2.60. The van der Waals surface area contributed by atoms with E-state index in [4.69, 9.17) is 9.47 Å². The summed E-state index contributed by atoms with van der Waals surface area (Å²) in [5.74, 6) is -0.315. The van der Waals surface area contributed by atoms with Gasteiger partial charge in [0.25, 0.3) is 0 Å². The van der Waals surface area contributed by atoms with Gasteiger partial charge in [-0.3, -0.25) is 4.79 Å². The Kier molecular flexibility index (Phi) is 6.03. The minimum absolute atomic E-state index is 0.0332. The molecular formula is C18H20O6S. The Balaban J connectivity index is 2.54. The Morgan fingerprint density at radius 2 is 1.76 bits per heavy atom. The number of aliphatic carboxylic acids is 1. The summed E-state index contributed by atoms with van der Waals surface area (Å²) >= 11 is 0. The summed E-state index contributed by atoms with van der Waals surface area (Å²) < 4.78 is 36.7. The van der Waals surface area contributed by atoms with E-state index in [2.05, 4.69) is 0 Å². The zero-order valence-electron chi connectivity index (χ0n) is 14.0. The summed E-state index contributed by atoms with van der Waals surface area (Å²) in [7, 11) is -2.45. The van der Waals surface area contributed by atoms with Crippen molar-refractivity contribution in [1.29, 1.82) is 0 Å². The molecular weight excluding hydrogens is 344 g/mol. The highest BCUT2D eigenvalue weighted by atomic mass is 32.2. The molecule has 0 aliphatic carbocycles. The molecule has 1 unspecified atom stereocenters. The highest BCUT2D eigenvalue weighted by Crippen LogP contribution is 2.37. The molecule has 2 rings (SSSR count). The van der Waals surface area contributed by atoms with Crippen molar-refractivity contribution in [2.24, 2.45) is 0 Å². The molecule has 0 saturated heterocycles. The quantitative estimate of drug-likeness (QED) is 0.774. The molecule has 1 N–H and O–H groups in total. The fourth-order valence-electron chi connectivity index (χ4n) is 2.51. The number of carboxylic acid groups (broad SMARTS) is 1. The Labute approximate surface area is 146 Å². The van der Waals surface area contributed by atoms with Gasteiger partial charge < -0.3 is 14.6 Å². The normalized spacial score (nSPS) is 12.4. The van der Waals surface area contributed by atoms with E-state index < -0.39 is 27.5 Å². The molecule has 2 aromatic rings. The van der Waals surface area contributed by atoms with Crippen molar-refractivity contribution < 1.29 is 27.8 Å². The van der Waals surface area contributed by atoms with Crippen molar-refractivity contribution in [2.45, 2.75) is 23.5 Å². The molecule has 0 aliphatic heterocycles. The standard InChI is InChI=1S/C18H20O6S/c1-3-24-16-7-5-4-6-15(16)17(12-18(19)20)25(21,22)14-10-8-13(23-2)9-11-14/h4-11,17H,3,12H2,1-2H3,(H,19,20). The fourth-order valence-corrected chi connectivity index (χ4v) is 4.24. The van der Waals surface area contributed by atoms with E-state index >= 15 is 0 Å². The molecule has 0 aromatic heterocycles. The van der Waals surface area contributed by atoms with Crippen LogP contribution in [0.5, 0.6) is 11.5 Å². The summed E-state index contributed by atoms with van der Waals surface area (Å²) in [4.78, 5) is 11.3. The van der Waals surface area contributed by atoms with Crippen molar-refractivity contribution in [3.05, 3.63) is 54.1 Å². The number of carbonyl (C=O) groups is 1. The van der Waals surface area contributed by atoms with Crippen LogP contribution in [0.2, 0.25) is 0 Å². The molecule has 6 nitrogen and oxygen atoms in total. The largest absolute Gasteiger partial charge is 0.497 e. The number of para-hydroxylation sites is 1. The number of sulfone groups is 1. The zero-order valence-corrected chi connectivity index (χ0v) is 14.8. The van der Waals surface area contributed by atoms with Crippen molar-refractivity contribution in [3.8, 4) is 11.5 Å². The molecule has 0 aliphatic rings. The van der Waals surface area contributed by atoms with E-state index in [0.29, 0.717) is 23.7 Å². The lowest BCUT2D eigenvalue weighted by Gasteiger charge is -2.19. The lowest BCUT2D eigenvalue weighted by molar-refractivity contribution is -0.137. The number of ether oxygens (including phenoxy) is 2. The highest BCUT2D eigenvalue weighted by Gasteiger charge is 2.33. The van der Waals surface area contributed by atoms with Gasteiger partial charge >= 0.3 is 5.97 Å². The van der Waals surface area contributed by atoms with Crippen LogP contribution in [0.4, 0.5) is 0 Å². The lowest BCUT2D eigenvalue weighted by atomic mass is 10.1. The molecule has 25 heavy (non-hydrogen) atoms. The van der Waals surface area contributed by atoms with Gasteiger partial charge in [-0.1, -0.05) is 18.2 Å². The first-order chi connectivity index (χ1) is 11.9. The molecule has 0 amide bonds. The van der Waals surface area contributed by atoms with Crippen LogP contribution in [0.15, 0.2) is 53.4 Å². The van der Waals surface area contributed by atoms with Crippen LogP contribution in [0, 0.1) is 0 Å². The number of carboxylic acids is 1. The first-order valence-corrected chi connectivity index (χ1v) is 9.26. The summed E-state index contributed by atoms with van der Waals surface area (Å²) in [6.45, 7) is 2.13. The maximum absolute atomic E-state index is 13.1. The predicted octanol–water partition coefficient (Wildman–Crippen LogP) is 3.08. The monoisotopic (exact) mass is 364 g/mol. The van der Waals surface area contributed by atoms with Gasteiger partial charge in [-0.15, -0.1) is 0 Å². The molecule has 134 valence electrons. The van der Waals surface area contributed by atoms with Gasteiger partial charge in [0.05, 0.1) is 25.0 Å². The van der Waals surface area contributed by atoms with Gasteiger partial charge in [-0.05, 0) is 37.3 Å². The summed E-state index contributed by atoms with van der Waals surface area (Å²) in [5.41, 5.74) is 0.336. The molecule has 2 aromatic carbocycles. The lowest BCUT2D eigenvalue weighted by Crippen LogP contribution is -2.18. The van der Waals surface area contributed by atoms with E-state index in [1.165, 1.54) is 31.4 Å². The Morgan fingerprint density at radius 1 is 1.12 bits per heavy atom. The van der Waals surface area contributed by atoms with Crippen LogP contribution in [0.1, 0.15) is 24.2 Å². The zero-order chi connectivity index (χ0) is 18.4. The Hall–Kier alpha value is -2.54. The van der Waals surface area contributed by atoms with Crippen LogP contribution in [0.25, 0.3) is 0 Å². The van der Waals surface area contributed by atoms with Crippen molar-refractivity contribution in [3.63, 3.8) is 0 Å². The maximum atomic E-state index is 13.1. The number of hydrogen-bond donors (Lipinski definition) is 1. The van der Waals surface area contributed by atoms with Crippen molar-refractivity contribution >= 4 is 15.8 Å². The van der Waals surface area contributed by atoms with Crippen molar-refractivity contribution in [1.82, 2.24) is 0 Å². The number of rotatable bonds is 8. The van der Waals surface area contributed by atoms with Crippen molar-refractivity contribution in [2.75, 3.05) is 13.7 Å². The Bertz CT molecular complexity index is 827. The van der Waals surface area contributed by atoms with Crippen LogP contribution in [0.3, 0.4) is 0 Å². The SMILES string of the molecule is CCOc1ccccc1C(CC(=O)O)S(=O)(=O)c1ccc(OC)cc1. The van der Waals surface area contributed by atoms with Gasteiger partial charge in [0.2, 0.25) is 0 Å². The number of hydrogen-bond acceptors (Lipinski definition) is 5. The van der Waals surface area contributed by atoms with Crippen LogP contribution >= 0.6 is 0 Å². The van der Waals surface area contributed by atoms with E-state index in [-0.39, 0.29) is 4.90 Å². The van der Waals surface area contributed by atoms with Crippen LogP contribution in [-0.4, -0.2) is 33.2 Å². The smallest absolute Gasteiger partial charge is 0.305 e. The van der Waals surface area contributed by atoms with Gasteiger partial charge in [0, 0.05) is 5.56 Å². The fraction of sp³-hybridized carbons (Fsp3) is 0.278. The van der Waals surface area contributed by atoms with Crippen LogP contribution < -0.4 is 9.47 Å². The second-order valence-electron chi connectivity index (χ2n) is 5.28.